The number of nitrogens with zero attached hydrogens (tertiary/aromatic N) is 3. The molecule has 0 amide bonds. The van der Waals surface area contributed by atoms with E-state index in [-0.39, 0.29) is 0 Å². The third-order valence-electron chi connectivity index (χ3n) is 3.01. The van der Waals surface area contributed by atoms with Gasteiger partial charge < -0.3 is 10.2 Å². The van der Waals surface area contributed by atoms with Gasteiger partial charge in [-0.1, -0.05) is 30.3 Å². The van der Waals surface area contributed by atoms with Crippen molar-refractivity contribution in [2.75, 3.05) is 16.8 Å². The monoisotopic (exact) mass is 270 g/mol. The summed E-state index contributed by atoms with van der Waals surface area (Å²) in [6, 6.07) is 12.8. The first-order valence-electron chi connectivity index (χ1n) is 7.06. The Morgan fingerprint density at radius 1 is 1.15 bits per heavy atom. The smallest absolute Gasteiger partial charge is 0.134 e. The van der Waals surface area contributed by atoms with Crippen molar-refractivity contribution in [3.63, 3.8) is 0 Å². The molecular weight excluding hydrogens is 248 g/mol. The molecule has 0 fully saturated rings. The van der Waals surface area contributed by atoms with Crippen molar-refractivity contribution < 1.29 is 0 Å². The van der Waals surface area contributed by atoms with Crippen molar-refractivity contribution in [3.05, 3.63) is 48.3 Å². The van der Waals surface area contributed by atoms with E-state index in [1.54, 1.807) is 6.33 Å². The Hall–Kier alpha value is -2.10. The highest BCUT2D eigenvalue weighted by Crippen LogP contribution is 2.17. The van der Waals surface area contributed by atoms with Gasteiger partial charge in [-0.2, -0.15) is 0 Å². The van der Waals surface area contributed by atoms with Crippen LogP contribution in [0.5, 0.6) is 0 Å². The van der Waals surface area contributed by atoms with Gasteiger partial charge in [0.1, 0.15) is 18.0 Å². The Kier molecular flexibility index (Phi) is 4.93. The summed E-state index contributed by atoms with van der Waals surface area (Å²) in [6.45, 7) is 8.11. The summed E-state index contributed by atoms with van der Waals surface area (Å²) in [5.41, 5.74) is 1.28. The molecule has 1 aromatic carbocycles. The molecule has 0 saturated carbocycles. The van der Waals surface area contributed by atoms with E-state index in [1.807, 2.05) is 12.1 Å². The number of anilines is 2. The predicted octanol–water partition coefficient (Wildman–Crippen LogP) is 3.32. The van der Waals surface area contributed by atoms with Gasteiger partial charge in [0.2, 0.25) is 0 Å². The highest BCUT2D eigenvalue weighted by atomic mass is 15.2. The minimum Gasteiger partial charge on any atom is -0.368 e. The summed E-state index contributed by atoms with van der Waals surface area (Å²) in [4.78, 5) is 10.9. The molecule has 0 aliphatic carbocycles. The molecule has 4 nitrogen and oxygen atoms in total. The molecule has 0 unspecified atom stereocenters. The zero-order valence-electron chi connectivity index (χ0n) is 12.4. The number of benzene rings is 1. The lowest BCUT2D eigenvalue weighted by molar-refractivity contribution is 0.807. The Morgan fingerprint density at radius 3 is 2.55 bits per heavy atom. The average Bonchev–Trinajstić information content (AvgIpc) is 2.45. The van der Waals surface area contributed by atoms with Crippen LogP contribution in [-0.2, 0) is 6.54 Å². The van der Waals surface area contributed by atoms with E-state index in [0.717, 1.165) is 24.7 Å². The molecule has 2 rings (SSSR count). The maximum absolute atomic E-state index is 4.39. The molecule has 0 atom stereocenters. The highest BCUT2D eigenvalue weighted by molar-refractivity contribution is 5.49. The fourth-order valence-corrected chi connectivity index (χ4v) is 2.05. The van der Waals surface area contributed by atoms with E-state index in [4.69, 9.17) is 0 Å². The summed E-state index contributed by atoms with van der Waals surface area (Å²) >= 11 is 0. The normalized spacial score (nSPS) is 10.6. The molecule has 20 heavy (non-hydrogen) atoms. The molecular formula is C16H22N4. The molecule has 0 aliphatic rings. The van der Waals surface area contributed by atoms with E-state index >= 15 is 0 Å². The van der Waals surface area contributed by atoms with E-state index in [2.05, 4.69) is 65.2 Å². The van der Waals surface area contributed by atoms with Crippen LogP contribution in [0.15, 0.2) is 42.7 Å². The molecule has 0 radical (unpaired) electrons. The number of hydrogen-bond donors (Lipinski definition) is 1. The zero-order valence-corrected chi connectivity index (χ0v) is 12.4. The second-order valence-electron chi connectivity index (χ2n) is 5.06. The standard InChI is InChI=1S/C16H22N4/c1-4-20(11-14-8-6-5-7-9-14)16-10-15(17-12-18-16)19-13(2)3/h5-10,12-13H,4,11H2,1-3H3,(H,17,18,19). The number of aromatic nitrogens is 2. The van der Waals surface area contributed by atoms with Crippen LogP contribution in [-0.4, -0.2) is 22.6 Å². The minimum atomic E-state index is 0.363. The third kappa shape index (κ3) is 3.95. The second kappa shape index (κ2) is 6.89. The summed E-state index contributed by atoms with van der Waals surface area (Å²) in [5, 5.41) is 3.31. The fourth-order valence-electron chi connectivity index (χ4n) is 2.05. The van der Waals surface area contributed by atoms with Crippen LogP contribution in [0.3, 0.4) is 0 Å². The van der Waals surface area contributed by atoms with Crippen LogP contribution < -0.4 is 10.2 Å². The minimum absolute atomic E-state index is 0.363. The van der Waals surface area contributed by atoms with Crippen LogP contribution in [0.1, 0.15) is 26.3 Å². The summed E-state index contributed by atoms with van der Waals surface area (Å²) in [7, 11) is 0. The van der Waals surface area contributed by atoms with Crippen molar-refractivity contribution >= 4 is 11.6 Å². The molecule has 0 bridgehead atoms. The molecule has 0 spiro atoms. The number of hydrogen-bond acceptors (Lipinski definition) is 4. The van der Waals surface area contributed by atoms with Crippen LogP contribution >= 0.6 is 0 Å². The van der Waals surface area contributed by atoms with Crippen molar-refractivity contribution in [2.45, 2.75) is 33.4 Å². The lowest BCUT2D eigenvalue weighted by Gasteiger charge is -2.22. The SMILES string of the molecule is CCN(Cc1ccccc1)c1cc(NC(C)C)ncn1. The zero-order chi connectivity index (χ0) is 14.4. The first-order valence-corrected chi connectivity index (χ1v) is 7.06. The Morgan fingerprint density at radius 2 is 1.90 bits per heavy atom. The molecule has 0 saturated heterocycles. The largest absolute Gasteiger partial charge is 0.368 e. The van der Waals surface area contributed by atoms with Crippen LogP contribution in [0.2, 0.25) is 0 Å². The van der Waals surface area contributed by atoms with Gasteiger partial charge in [-0.15, -0.1) is 0 Å². The molecule has 4 heteroatoms. The fraction of sp³-hybridized carbons (Fsp3) is 0.375. The third-order valence-corrected chi connectivity index (χ3v) is 3.01. The topological polar surface area (TPSA) is 41.0 Å². The highest BCUT2D eigenvalue weighted by Gasteiger charge is 2.08. The Labute approximate surface area is 120 Å². The average molecular weight is 270 g/mol. The van der Waals surface area contributed by atoms with E-state index in [0.29, 0.717) is 6.04 Å². The molecule has 106 valence electrons. The van der Waals surface area contributed by atoms with Gasteiger partial charge in [0.15, 0.2) is 0 Å². The summed E-state index contributed by atoms with van der Waals surface area (Å²) < 4.78 is 0. The number of nitrogens with one attached hydrogen (secondary N) is 1. The van der Waals surface area contributed by atoms with E-state index in [9.17, 15) is 0 Å². The van der Waals surface area contributed by atoms with Gasteiger partial charge in [-0.3, -0.25) is 0 Å². The van der Waals surface area contributed by atoms with Gasteiger partial charge in [0.05, 0.1) is 0 Å². The lowest BCUT2D eigenvalue weighted by atomic mass is 10.2. The van der Waals surface area contributed by atoms with Gasteiger partial charge >= 0.3 is 0 Å². The molecule has 1 aromatic heterocycles. The first-order chi connectivity index (χ1) is 9.69. The van der Waals surface area contributed by atoms with Crippen LogP contribution in [0.25, 0.3) is 0 Å². The number of rotatable bonds is 6. The second-order valence-corrected chi connectivity index (χ2v) is 5.06. The van der Waals surface area contributed by atoms with Crippen molar-refractivity contribution in [1.82, 2.24) is 9.97 Å². The maximum Gasteiger partial charge on any atom is 0.134 e. The molecule has 1 heterocycles. The van der Waals surface area contributed by atoms with E-state index in [1.165, 1.54) is 5.56 Å². The van der Waals surface area contributed by atoms with Gasteiger partial charge in [0.25, 0.3) is 0 Å². The van der Waals surface area contributed by atoms with Crippen molar-refractivity contribution in [2.24, 2.45) is 0 Å². The van der Waals surface area contributed by atoms with Gasteiger partial charge in [-0.05, 0) is 26.3 Å². The molecule has 2 aromatic rings. The summed E-state index contributed by atoms with van der Waals surface area (Å²) in [5.74, 6) is 1.83. The van der Waals surface area contributed by atoms with Gasteiger partial charge in [0, 0.05) is 25.2 Å². The van der Waals surface area contributed by atoms with Crippen LogP contribution in [0, 0.1) is 0 Å². The predicted molar refractivity (Wildman–Crippen MR) is 84.0 cm³/mol. The van der Waals surface area contributed by atoms with Crippen molar-refractivity contribution in [3.8, 4) is 0 Å². The quantitative estimate of drug-likeness (QED) is 0.874. The Balaban J connectivity index is 2.15. The van der Waals surface area contributed by atoms with Crippen LogP contribution in [0.4, 0.5) is 11.6 Å². The van der Waals surface area contributed by atoms with Crippen molar-refractivity contribution in [1.29, 1.82) is 0 Å². The van der Waals surface area contributed by atoms with Gasteiger partial charge in [-0.25, -0.2) is 9.97 Å². The lowest BCUT2D eigenvalue weighted by Crippen LogP contribution is -2.23. The van der Waals surface area contributed by atoms with E-state index < -0.39 is 0 Å². The summed E-state index contributed by atoms with van der Waals surface area (Å²) in [6.07, 6.45) is 1.62. The first kappa shape index (κ1) is 14.3. The Bertz CT molecular complexity index is 525. The molecule has 0 aliphatic heterocycles. The molecule has 1 N–H and O–H groups in total. The maximum atomic E-state index is 4.39.